The van der Waals surface area contributed by atoms with Crippen molar-refractivity contribution in [3.63, 3.8) is 0 Å². The summed E-state index contributed by atoms with van der Waals surface area (Å²) in [5.74, 6) is -0.156. The van der Waals surface area contributed by atoms with Crippen molar-refractivity contribution in [1.29, 1.82) is 0 Å². The molecule has 0 N–H and O–H groups in total. The number of benzene rings is 1. The highest BCUT2D eigenvalue weighted by Crippen LogP contribution is 2.49. The monoisotopic (exact) mass is 230 g/mol. The third-order valence-corrected chi connectivity index (χ3v) is 3.05. The zero-order valence-corrected chi connectivity index (χ0v) is 10.4. The Bertz CT molecular complexity index is 431. The van der Waals surface area contributed by atoms with Crippen LogP contribution in [0.15, 0.2) is 35.9 Å². The number of carbonyl (C=O) groups excluding carboxylic acids is 1. The smallest absolute Gasteiger partial charge is 0.317 e. The maximum absolute atomic E-state index is 11.9. The van der Waals surface area contributed by atoms with Crippen molar-refractivity contribution in [1.82, 2.24) is 0 Å². The third kappa shape index (κ3) is 2.41. The molecule has 0 aromatic heterocycles. The van der Waals surface area contributed by atoms with Gasteiger partial charge in [-0.15, -0.1) is 0 Å². The summed E-state index contributed by atoms with van der Waals surface area (Å²) in [5, 5.41) is 0. The Hall–Kier alpha value is -1.57. The van der Waals surface area contributed by atoms with E-state index in [1.165, 1.54) is 11.1 Å². The zero-order valence-electron chi connectivity index (χ0n) is 10.4. The second kappa shape index (κ2) is 5.17. The molecule has 1 atom stereocenters. The second-order valence-corrected chi connectivity index (χ2v) is 4.26. The maximum atomic E-state index is 11.9. The minimum atomic E-state index is -0.0810. The number of ether oxygens (including phenoxy) is 1. The molecule has 0 radical (unpaired) electrons. The summed E-state index contributed by atoms with van der Waals surface area (Å²) in [5.41, 5.74) is 3.56. The molecule has 1 aromatic carbocycles. The fourth-order valence-corrected chi connectivity index (χ4v) is 2.18. The first-order valence-corrected chi connectivity index (χ1v) is 6.24. The molecule has 0 saturated carbocycles. The fraction of sp³-hybridized carbons (Fsp3) is 0.400. The van der Waals surface area contributed by atoms with Crippen LogP contribution in [0, 0.1) is 5.92 Å². The molecule has 90 valence electrons. The Balaban J connectivity index is 2.08. The fourth-order valence-electron chi connectivity index (χ4n) is 2.18. The van der Waals surface area contributed by atoms with Crippen molar-refractivity contribution >= 4 is 11.5 Å². The lowest BCUT2D eigenvalue weighted by Gasteiger charge is -2.03. The maximum Gasteiger partial charge on any atom is 0.317 e. The van der Waals surface area contributed by atoms with Crippen LogP contribution >= 0.6 is 0 Å². The second-order valence-electron chi connectivity index (χ2n) is 4.26. The predicted octanol–water partition coefficient (Wildman–Crippen LogP) is 3.43. The summed E-state index contributed by atoms with van der Waals surface area (Å²) in [6.45, 7) is 4.62. The van der Waals surface area contributed by atoms with E-state index in [4.69, 9.17) is 4.74 Å². The van der Waals surface area contributed by atoms with Gasteiger partial charge in [-0.3, -0.25) is 4.79 Å². The van der Waals surface area contributed by atoms with Gasteiger partial charge in [0.1, 0.15) is 5.92 Å². The lowest BCUT2D eigenvalue weighted by atomic mass is 10.1. The van der Waals surface area contributed by atoms with Crippen LogP contribution in [-0.2, 0) is 9.53 Å². The normalized spacial score (nSPS) is 18.1. The molecule has 17 heavy (non-hydrogen) atoms. The number of hydrogen-bond donors (Lipinski definition) is 0. The van der Waals surface area contributed by atoms with Gasteiger partial charge in [-0.05, 0) is 29.6 Å². The Morgan fingerprint density at radius 2 is 1.94 bits per heavy atom. The Labute approximate surface area is 102 Å². The van der Waals surface area contributed by atoms with Gasteiger partial charge in [-0.1, -0.05) is 44.2 Å². The summed E-state index contributed by atoms with van der Waals surface area (Å²) in [6.07, 6.45) is 1.80. The Kier molecular flexibility index (Phi) is 3.62. The van der Waals surface area contributed by atoms with Gasteiger partial charge in [0.2, 0.25) is 0 Å². The highest BCUT2D eigenvalue weighted by Gasteiger charge is 2.42. The largest absolute Gasteiger partial charge is 0.465 e. The molecule has 0 amide bonds. The molecular weight excluding hydrogens is 212 g/mol. The molecule has 0 bridgehead atoms. The molecule has 0 heterocycles. The van der Waals surface area contributed by atoms with E-state index in [0.29, 0.717) is 6.61 Å². The van der Waals surface area contributed by atoms with Gasteiger partial charge in [0.15, 0.2) is 0 Å². The van der Waals surface area contributed by atoms with Gasteiger partial charge in [0, 0.05) is 0 Å². The highest BCUT2D eigenvalue weighted by atomic mass is 16.5. The molecule has 0 spiro atoms. The van der Waals surface area contributed by atoms with E-state index in [-0.39, 0.29) is 11.9 Å². The topological polar surface area (TPSA) is 26.3 Å². The summed E-state index contributed by atoms with van der Waals surface area (Å²) in [7, 11) is 0. The first kappa shape index (κ1) is 11.9. The first-order chi connectivity index (χ1) is 8.29. The molecular formula is C15H18O2. The van der Waals surface area contributed by atoms with Gasteiger partial charge >= 0.3 is 5.97 Å². The van der Waals surface area contributed by atoms with E-state index < -0.39 is 0 Å². The molecule has 0 saturated heterocycles. The van der Waals surface area contributed by atoms with Crippen LogP contribution in [0.4, 0.5) is 0 Å². The number of carbonyl (C=O) groups is 1. The number of rotatable bonds is 5. The predicted molar refractivity (Wildman–Crippen MR) is 68.4 cm³/mol. The lowest BCUT2D eigenvalue weighted by molar-refractivity contribution is -0.144. The van der Waals surface area contributed by atoms with Crippen molar-refractivity contribution in [3.8, 4) is 0 Å². The summed E-state index contributed by atoms with van der Waals surface area (Å²) in [4.78, 5) is 11.9. The van der Waals surface area contributed by atoms with E-state index in [0.717, 1.165) is 18.4 Å². The van der Waals surface area contributed by atoms with Gasteiger partial charge in [0.25, 0.3) is 0 Å². The highest BCUT2D eigenvalue weighted by molar-refractivity contribution is 6.03. The van der Waals surface area contributed by atoms with Gasteiger partial charge in [-0.2, -0.15) is 0 Å². The molecule has 0 aliphatic heterocycles. The molecule has 1 aliphatic rings. The molecule has 2 rings (SSSR count). The minimum absolute atomic E-state index is 0.0750. The van der Waals surface area contributed by atoms with Gasteiger partial charge in [-0.25, -0.2) is 0 Å². The van der Waals surface area contributed by atoms with Crippen molar-refractivity contribution < 1.29 is 9.53 Å². The van der Waals surface area contributed by atoms with Crippen molar-refractivity contribution in [2.45, 2.75) is 26.7 Å². The Morgan fingerprint density at radius 1 is 1.24 bits per heavy atom. The van der Waals surface area contributed by atoms with E-state index in [1.54, 1.807) is 0 Å². The SMILES string of the molecule is CCCOC(=O)C1C(CC)=C1c1ccccc1. The van der Waals surface area contributed by atoms with Crippen LogP contribution in [0.3, 0.4) is 0 Å². The molecule has 1 aliphatic carbocycles. The van der Waals surface area contributed by atoms with E-state index in [2.05, 4.69) is 19.1 Å². The van der Waals surface area contributed by atoms with Crippen LogP contribution in [-0.4, -0.2) is 12.6 Å². The quantitative estimate of drug-likeness (QED) is 0.724. The average molecular weight is 230 g/mol. The summed E-state index contributed by atoms with van der Waals surface area (Å²) in [6, 6.07) is 10.1. The van der Waals surface area contributed by atoms with Crippen LogP contribution in [0.25, 0.3) is 5.57 Å². The lowest BCUT2D eigenvalue weighted by Crippen LogP contribution is -2.10. The number of hydrogen-bond acceptors (Lipinski definition) is 2. The zero-order chi connectivity index (χ0) is 12.3. The molecule has 0 fully saturated rings. The van der Waals surface area contributed by atoms with Gasteiger partial charge in [0.05, 0.1) is 6.61 Å². The van der Waals surface area contributed by atoms with E-state index >= 15 is 0 Å². The first-order valence-electron chi connectivity index (χ1n) is 6.24. The van der Waals surface area contributed by atoms with E-state index in [1.807, 2.05) is 25.1 Å². The molecule has 1 unspecified atom stereocenters. The van der Waals surface area contributed by atoms with Crippen molar-refractivity contribution in [2.24, 2.45) is 5.92 Å². The standard InChI is InChI=1S/C15H18O2/c1-3-10-17-15(16)14-12(4-2)13(14)11-8-6-5-7-9-11/h5-9,14H,3-4,10H2,1-2H3. The molecule has 2 heteroatoms. The van der Waals surface area contributed by atoms with Crippen LogP contribution in [0.5, 0.6) is 0 Å². The third-order valence-electron chi connectivity index (χ3n) is 3.05. The minimum Gasteiger partial charge on any atom is -0.465 e. The van der Waals surface area contributed by atoms with Gasteiger partial charge < -0.3 is 4.74 Å². The van der Waals surface area contributed by atoms with E-state index in [9.17, 15) is 4.79 Å². The summed E-state index contributed by atoms with van der Waals surface area (Å²) < 4.78 is 5.22. The van der Waals surface area contributed by atoms with Crippen LogP contribution < -0.4 is 0 Å². The van der Waals surface area contributed by atoms with Crippen LogP contribution in [0.1, 0.15) is 32.3 Å². The van der Waals surface area contributed by atoms with Crippen LogP contribution in [0.2, 0.25) is 0 Å². The summed E-state index contributed by atoms with van der Waals surface area (Å²) >= 11 is 0. The Morgan fingerprint density at radius 3 is 2.53 bits per heavy atom. The molecule has 1 aromatic rings. The van der Waals surface area contributed by atoms with Crippen molar-refractivity contribution in [3.05, 3.63) is 41.5 Å². The van der Waals surface area contributed by atoms with Crippen molar-refractivity contribution in [2.75, 3.05) is 6.61 Å². The average Bonchev–Trinajstić information content (AvgIpc) is 3.11. The molecule has 2 nitrogen and oxygen atoms in total. The number of esters is 1.